The minimum absolute atomic E-state index is 0.102. The summed E-state index contributed by atoms with van der Waals surface area (Å²) in [6.07, 6.45) is 4.42. The molecule has 0 heterocycles. The Kier molecular flexibility index (Phi) is 7.94. The van der Waals surface area contributed by atoms with Gasteiger partial charge in [-0.1, -0.05) is 31.0 Å². The van der Waals surface area contributed by atoms with Crippen LogP contribution in [0.3, 0.4) is 0 Å². The number of hydrogen-bond donors (Lipinski definition) is 0. The van der Waals surface area contributed by atoms with Crippen LogP contribution in [0.5, 0.6) is 0 Å². The molecule has 1 unspecified atom stereocenters. The number of thioether (sulfide) groups is 1. The van der Waals surface area contributed by atoms with E-state index in [4.69, 9.17) is 11.6 Å². The Bertz CT molecular complexity index is 343. The fourth-order valence-corrected chi connectivity index (χ4v) is 2.92. The van der Waals surface area contributed by atoms with Gasteiger partial charge in [0.2, 0.25) is 0 Å². The molecule has 0 amide bonds. The van der Waals surface area contributed by atoms with E-state index in [9.17, 15) is 4.79 Å². The molecule has 1 atom stereocenters. The summed E-state index contributed by atoms with van der Waals surface area (Å²) < 4.78 is 4.69. The van der Waals surface area contributed by atoms with Gasteiger partial charge in [-0.05, 0) is 25.0 Å². The van der Waals surface area contributed by atoms with Crippen molar-refractivity contribution >= 4 is 29.3 Å². The van der Waals surface area contributed by atoms with Crippen LogP contribution in [0, 0.1) is 0 Å². The minimum atomic E-state index is -0.129. The number of carbonyl (C=O) groups excluding carboxylic acids is 1. The Labute approximate surface area is 118 Å². The maximum Gasteiger partial charge on any atom is 0.305 e. The third kappa shape index (κ3) is 6.92. The Morgan fingerprint density at radius 2 is 2.00 bits per heavy atom. The summed E-state index contributed by atoms with van der Waals surface area (Å²) in [6.45, 7) is 0. The molecule has 4 heteroatoms. The first-order valence-electron chi connectivity index (χ1n) is 6.15. The van der Waals surface area contributed by atoms with Crippen LogP contribution in [0.15, 0.2) is 35.2 Å². The van der Waals surface area contributed by atoms with Crippen LogP contribution < -0.4 is 0 Å². The zero-order valence-electron chi connectivity index (χ0n) is 10.6. The van der Waals surface area contributed by atoms with Crippen LogP contribution in [0.2, 0.25) is 0 Å². The molecule has 0 aliphatic rings. The molecule has 1 aromatic rings. The molecule has 0 radical (unpaired) electrons. The van der Waals surface area contributed by atoms with E-state index in [1.54, 1.807) is 11.8 Å². The van der Waals surface area contributed by atoms with Crippen LogP contribution in [-0.2, 0) is 9.53 Å². The summed E-state index contributed by atoms with van der Waals surface area (Å²) in [6, 6.07) is 10.2. The number of hydrogen-bond acceptors (Lipinski definition) is 3. The quantitative estimate of drug-likeness (QED) is 0.305. The van der Waals surface area contributed by atoms with Crippen molar-refractivity contribution in [2.24, 2.45) is 0 Å². The van der Waals surface area contributed by atoms with E-state index >= 15 is 0 Å². The first kappa shape index (κ1) is 15.4. The number of rotatable bonds is 8. The van der Waals surface area contributed by atoms with E-state index in [0.717, 1.165) is 25.7 Å². The molecule has 0 fully saturated rings. The van der Waals surface area contributed by atoms with E-state index in [1.807, 2.05) is 18.2 Å². The van der Waals surface area contributed by atoms with Gasteiger partial charge in [0.25, 0.3) is 0 Å². The van der Waals surface area contributed by atoms with E-state index in [1.165, 1.54) is 12.0 Å². The van der Waals surface area contributed by atoms with Crippen LogP contribution in [0.25, 0.3) is 0 Å². The molecule has 0 aliphatic heterocycles. The van der Waals surface area contributed by atoms with E-state index in [2.05, 4.69) is 16.9 Å². The highest BCUT2D eigenvalue weighted by Crippen LogP contribution is 2.29. The molecular formula is C14H19ClO2S. The first-order chi connectivity index (χ1) is 8.72. The number of unbranched alkanes of at least 4 members (excludes halogenated alkanes) is 2. The highest BCUT2D eigenvalue weighted by molar-refractivity contribution is 8.01. The number of halogens is 1. The lowest BCUT2D eigenvalue weighted by molar-refractivity contribution is -0.140. The van der Waals surface area contributed by atoms with Crippen molar-refractivity contribution in [2.75, 3.05) is 7.11 Å². The lowest BCUT2D eigenvalue weighted by Gasteiger charge is -2.08. The SMILES string of the molecule is COC(=O)CCCCCC(Cl)Sc1ccccc1. The van der Waals surface area contributed by atoms with Gasteiger partial charge in [-0.25, -0.2) is 0 Å². The minimum Gasteiger partial charge on any atom is -0.469 e. The second kappa shape index (κ2) is 9.29. The highest BCUT2D eigenvalue weighted by atomic mass is 35.5. The van der Waals surface area contributed by atoms with E-state index in [0.29, 0.717) is 6.42 Å². The van der Waals surface area contributed by atoms with Crippen molar-refractivity contribution in [3.63, 3.8) is 0 Å². The molecule has 1 aromatic carbocycles. The molecule has 0 N–H and O–H groups in total. The molecule has 0 bridgehead atoms. The van der Waals surface area contributed by atoms with Crippen molar-refractivity contribution in [1.82, 2.24) is 0 Å². The van der Waals surface area contributed by atoms with Crippen molar-refractivity contribution in [3.8, 4) is 0 Å². The Balaban J connectivity index is 2.07. The number of benzene rings is 1. The first-order valence-corrected chi connectivity index (χ1v) is 7.46. The van der Waals surface area contributed by atoms with Crippen LogP contribution in [0.4, 0.5) is 0 Å². The van der Waals surface area contributed by atoms with Gasteiger partial charge in [0.15, 0.2) is 0 Å². The lowest BCUT2D eigenvalue weighted by Crippen LogP contribution is -1.99. The van der Waals surface area contributed by atoms with Gasteiger partial charge >= 0.3 is 5.97 Å². The predicted octanol–water partition coefficient (Wildman–Crippen LogP) is 4.47. The van der Waals surface area contributed by atoms with E-state index in [-0.39, 0.29) is 10.7 Å². The highest BCUT2D eigenvalue weighted by Gasteiger charge is 2.06. The fourth-order valence-electron chi connectivity index (χ4n) is 1.56. The summed E-state index contributed by atoms with van der Waals surface area (Å²) in [5, 5.41) is 0. The van der Waals surface area contributed by atoms with Gasteiger partial charge in [0.05, 0.1) is 11.8 Å². The Hall–Kier alpha value is -0.670. The van der Waals surface area contributed by atoms with E-state index < -0.39 is 0 Å². The van der Waals surface area contributed by atoms with Gasteiger partial charge in [-0.2, -0.15) is 0 Å². The number of esters is 1. The molecule has 0 saturated heterocycles. The molecule has 1 rings (SSSR count). The zero-order chi connectivity index (χ0) is 13.2. The summed E-state index contributed by atoms with van der Waals surface area (Å²) in [5.41, 5.74) is 0. The average molecular weight is 287 g/mol. The maximum absolute atomic E-state index is 10.9. The molecule has 0 spiro atoms. The second-order valence-electron chi connectivity index (χ2n) is 4.02. The van der Waals surface area contributed by atoms with Crippen molar-refractivity contribution in [3.05, 3.63) is 30.3 Å². The monoisotopic (exact) mass is 286 g/mol. The summed E-state index contributed by atoms with van der Waals surface area (Å²) in [7, 11) is 1.42. The standard InChI is InChI=1S/C14H19ClO2S/c1-17-14(16)11-7-3-6-10-13(15)18-12-8-4-2-5-9-12/h2,4-5,8-9,13H,3,6-7,10-11H2,1H3. The van der Waals surface area contributed by atoms with Crippen LogP contribution in [-0.4, -0.2) is 17.8 Å². The average Bonchev–Trinajstić information content (AvgIpc) is 2.39. The lowest BCUT2D eigenvalue weighted by atomic mass is 10.1. The molecule has 100 valence electrons. The van der Waals surface area contributed by atoms with Gasteiger partial charge < -0.3 is 4.74 Å². The number of methoxy groups -OCH3 is 1. The molecular weight excluding hydrogens is 268 g/mol. The largest absolute Gasteiger partial charge is 0.469 e. The van der Waals surface area contributed by atoms with Gasteiger partial charge in [0.1, 0.15) is 0 Å². The van der Waals surface area contributed by atoms with Gasteiger partial charge in [0, 0.05) is 11.3 Å². The topological polar surface area (TPSA) is 26.3 Å². The number of ether oxygens (including phenoxy) is 1. The van der Waals surface area contributed by atoms with Gasteiger partial charge in [-0.3, -0.25) is 4.79 Å². The predicted molar refractivity (Wildman–Crippen MR) is 77.0 cm³/mol. The smallest absolute Gasteiger partial charge is 0.305 e. The van der Waals surface area contributed by atoms with Crippen LogP contribution in [0.1, 0.15) is 32.1 Å². The Morgan fingerprint density at radius 3 is 2.67 bits per heavy atom. The van der Waals surface area contributed by atoms with Crippen molar-refractivity contribution in [1.29, 1.82) is 0 Å². The molecule has 0 aliphatic carbocycles. The summed E-state index contributed by atoms with van der Waals surface area (Å²) in [4.78, 5) is 12.1. The normalized spacial score (nSPS) is 12.1. The zero-order valence-corrected chi connectivity index (χ0v) is 12.2. The third-order valence-corrected chi connectivity index (χ3v) is 4.07. The van der Waals surface area contributed by atoms with Crippen molar-refractivity contribution in [2.45, 2.75) is 41.7 Å². The molecule has 0 saturated carbocycles. The Morgan fingerprint density at radius 1 is 1.28 bits per heavy atom. The number of alkyl halides is 1. The maximum atomic E-state index is 10.9. The van der Waals surface area contributed by atoms with Crippen molar-refractivity contribution < 1.29 is 9.53 Å². The third-order valence-electron chi connectivity index (χ3n) is 2.55. The van der Waals surface area contributed by atoms with Gasteiger partial charge in [-0.15, -0.1) is 23.4 Å². The molecule has 18 heavy (non-hydrogen) atoms. The summed E-state index contributed by atoms with van der Waals surface area (Å²) in [5.74, 6) is -0.129. The molecule has 0 aromatic heterocycles. The number of carbonyl (C=O) groups is 1. The van der Waals surface area contributed by atoms with Crippen LogP contribution >= 0.6 is 23.4 Å². The fraction of sp³-hybridized carbons (Fsp3) is 0.500. The molecule has 2 nitrogen and oxygen atoms in total. The second-order valence-corrected chi connectivity index (χ2v) is 6.08. The summed E-state index contributed by atoms with van der Waals surface area (Å²) >= 11 is 7.94.